The minimum atomic E-state index is -0.941. The monoisotopic (exact) mass is 268 g/mol. The molecule has 0 heterocycles. The van der Waals surface area contributed by atoms with Crippen LogP contribution in [0.3, 0.4) is 0 Å². The van der Waals surface area contributed by atoms with E-state index >= 15 is 0 Å². The molecule has 0 saturated carbocycles. The van der Waals surface area contributed by atoms with E-state index in [0.717, 1.165) is 24.0 Å². The molecule has 0 aromatic heterocycles. The first-order valence-electron chi connectivity index (χ1n) is 7.34. The van der Waals surface area contributed by atoms with Crippen molar-refractivity contribution in [2.75, 3.05) is 0 Å². The highest BCUT2D eigenvalue weighted by atomic mass is 16.3. The summed E-state index contributed by atoms with van der Waals surface area (Å²) in [5, 5.41) is 10.9. The zero-order valence-electron chi connectivity index (χ0n) is 12.9. The van der Waals surface area contributed by atoms with E-state index in [-0.39, 0.29) is 0 Å². The van der Waals surface area contributed by atoms with Crippen LogP contribution < -0.4 is 0 Å². The van der Waals surface area contributed by atoms with Crippen molar-refractivity contribution >= 4 is 0 Å². The fraction of sp³-hybridized carbons (Fsp3) is 0.368. The smallest absolute Gasteiger partial charge is 0.112 e. The maximum atomic E-state index is 10.9. The van der Waals surface area contributed by atoms with Gasteiger partial charge in [0.1, 0.15) is 5.60 Å². The van der Waals surface area contributed by atoms with Gasteiger partial charge in [0.2, 0.25) is 0 Å². The van der Waals surface area contributed by atoms with Crippen LogP contribution in [0.5, 0.6) is 0 Å². The van der Waals surface area contributed by atoms with Gasteiger partial charge in [0.15, 0.2) is 0 Å². The van der Waals surface area contributed by atoms with Crippen LogP contribution in [0, 0.1) is 13.8 Å². The van der Waals surface area contributed by atoms with Crippen LogP contribution in [-0.4, -0.2) is 5.11 Å². The topological polar surface area (TPSA) is 20.2 Å². The molecule has 1 atom stereocenters. The van der Waals surface area contributed by atoms with Crippen molar-refractivity contribution in [2.24, 2.45) is 0 Å². The molecule has 0 saturated heterocycles. The summed E-state index contributed by atoms with van der Waals surface area (Å²) in [6.07, 6.45) is 2.24. The van der Waals surface area contributed by atoms with Gasteiger partial charge in [-0.1, -0.05) is 55.8 Å². The summed E-state index contributed by atoms with van der Waals surface area (Å²) >= 11 is 0. The average molecular weight is 268 g/mol. The van der Waals surface area contributed by atoms with E-state index in [2.05, 4.69) is 45.0 Å². The van der Waals surface area contributed by atoms with Crippen LogP contribution in [0.15, 0.2) is 42.5 Å². The van der Waals surface area contributed by atoms with Crippen molar-refractivity contribution < 1.29 is 5.11 Å². The van der Waals surface area contributed by atoms with E-state index < -0.39 is 5.60 Å². The molecule has 106 valence electrons. The molecule has 1 nitrogen and oxygen atoms in total. The van der Waals surface area contributed by atoms with Gasteiger partial charge in [-0.15, -0.1) is 0 Å². The SMILES string of the molecule is CCCc1ccc(C(C)(O)c2ccc(C)c(C)c2)cc1. The van der Waals surface area contributed by atoms with Crippen molar-refractivity contribution in [3.05, 3.63) is 70.3 Å². The van der Waals surface area contributed by atoms with Gasteiger partial charge in [0.05, 0.1) is 0 Å². The number of hydrogen-bond donors (Lipinski definition) is 1. The molecule has 0 bridgehead atoms. The predicted molar refractivity (Wildman–Crippen MR) is 85.0 cm³/mol. The van der Waals surface area contributed by atoms with Gasteiger partial charge in [-0.25, -0.2) is 0 Å². The molecule has 2 rings (SSSR count). The van der Waals surface area contributed by atoms with Gasteiger partial charge in [-0.2, -0.15) is 0 Å². The molecule has 0 spiro atoms. The zero-order valence-corrected chi connectivity index (χ0v) is 12.9. The number of hydrogen-bond acceptors (Lipinski definition) is 1. The number of rotatable bonds is 4. The predicted octanol–water partition coefficient (Wildman–Crippen LogP) is 4.51. The second-order valence-electron chi connectivity index (χ2n) is 5.82. The summed E-state index contributed by atoms with van der Waals surface area (Å²) < 4.78 is 0. The third-order valence-corrected chi connectivity index (χ3v) is 4.12. The lowest BCUT2D eigenvalue weighted by molar-refractivity contribution is 0.102. The van der Waals surface area contributed by atoms with E-state index in [9.17, 15) is 5.11 Å². The molecule has 0 aliphatic heterocycles. The minimum absolute atomic E-state index is 0.941. The lowest BCUT2D eigenvalue weighted by atomic mass is 9.86. The summed E-state index contributed by atoms with van der Waals surface area (Å²) in [6.45, 7) is 8.22. The van der Waals surface area contributed by atoms with Crippen LogP contribution >= 0.6 is 0 Å². The maximum absolute atomic E-state index is 10.9. The summed E-state index contributed by atoms with van der Waals surface area (Å²) in [6, 6.07) is 14.5. The molecule has 1 N–H and O–H groups in total. The van der Waals surface area contributed by atoms with Crippen LogP contribution in [-0.2, 0) is 12.0 Å². The molecule has 0 aliphatic rings. The molecule has 0 amide bonds. The normalized spacial score (nSPS) is 14.1. The lowest BCUT2D eigenvalue weighted by Gasteiger charge is -2.25. The second kappa shape index (κ2) is 5.80. The Hall–Kier alpha value is -1.60. The molecule has 20 heavy (non-hydrogen) atoms. The van der Waals surface area contributed by atoms with Crippen molar-refractivity contribution in [2.45, 2.75) is 46.1 Å². The highest BCUT2D eigenvalue weighted by Gasteiger charge is 2.25. The van der Waals surface area contributed by atoms with Crippen LogP contribution in [0.2, 0.25) is 0 Å². The summed E-state index contributed by atoms with van der Waals surface area (Å²) in [7, 11) is 0. The Kier molecular flexibility index (Phi) is 4.29. The highest BCUT2D eigenvalue weighted by Crippen LogP contribution is 2.30. The summed E-state index contributed by atoms with van der Waals surface area (Å²) in [5.74, 6) is 0. The third kappa shape index (κ3) is 2.94. The zero-order chi connectivity index (χ0) is 14.8. The Morgan fingerprint density at radius 2 is 1.50 bits per heavy atom. The average Bonchev–Trinajstić information content (AvgIpc) is 2.43. The summed E-state index contributed by atoms with van der Waals surface area (Å²) in [5.41, 5.74) is 4.74. The quantitative estimate of drug-likeness (QED) is 0.865. The molecule has 2 aromatic carbocycles. The molecule has 0 aliphatic carbocycles. The van der Waals surface area contributed by atoms with Crippen molar-refractivity contribution in [1.29, 1.82) is 0 Å². The molecule has 1 unspecified atom stereocenters. The summed E-state index contributed by atoms with van der Waals surface area (Å²) in [4.78, 5) is 0. The first-order valence-corrected chi connectivity index (χ1v) is 7.34. The van der Waals surface area contributed by atoms with Gasteiger partial charge in [-0.05, 0) is 55.0 Å². The maximum Gasteiger partial charge on any atom is 0.112 e. The first kappa shape index (κ1) is 14.8. The molecular weight excluding hydrogens is 244 g/mol. The molecule has 2 aromatic rings. The first-order chi connectivity index (χ1) is 9.45. The fourth-order valence-corrected chi connectivity index (χ4v) is 2.50. The molecule has 0 fully saturated rings. The fourth-order valence-electron chi connectivity index (χ4n) is 2.50. The molecule has 1 heteroatoms. The Morgan fingerprint density at radius 1 is 0.900 bits per heavy atom. The van der Waals surface area contributed by atoms with Gasteiger partial charge in [-0.3, -0.25) is 0 Å². The van der Waals surface area contributed by atoms with Crippen LogP contribution in [0.4, 0.5) is 0 Å². The van der Waals surface area contributed by atoms with E-state index in [4.69, 9.17) is 0 Å². The Balaban J connectivity index is 2.35. The second-order valence-corrected chi connectivity index (χ2v) is 5.82. The van der Waals surface area contributed by atoms with E-state index in [0.29, 0.717) is 0 Å². The number of aliphatic hydroxyl groups is 1. The molecular formula is C19H24O. The van der Waals surface area contributed by atoms with E-state index in [1.807, 2.05) is 25.1 Å². The van der Waals surface area contributed by atoms with Gasteiger partial charge < -0.3 is 5.11 Å². The van der Waals surface area contributed by atoms with E-state index in [1.165, 1.54) is 16.7 Å². The van der Waals surface area contributed by atoms with Gasteiger partial charge >= 0.3 is 0 Å². The van der Waals surface area contributed by atoms with Crippen molar-refractivity contribution in [1.82, 2.24) is 0 Å². The number of benzene rings is 2. The Morgan fingerprint density at radius 3 is 2.05 bits per heavy atom. The van der Waals surface area contributed by atoms with Crippen molar-refractivity contribution in [3.8, 4) is 0 Å². The largest absolute Gasteiger partial charge is 0.381 e. The van der Waals surface area contributed by atoms with Crippen LogP contribution in [0.1, 0.15) is 48.1 Å². The standard InChI is InChI=1S/C19H24O/c1-5-6-16-8-11-17(12-9-16)19(4,20)18-10-7-14(2)15(3)13-18/h7-13,20H,5-6H2,1-4H3. The Bertz CT molecular complexity index is 579. The number of aryl methyl sites for hydroxylation is 3. The van der Waals surface area contributed by atoms with Gasteiger partial charge in [0, 0.05) is 0 Å². The lowest BCUT2D eigenvalue weighted by Crippen LogP contribution is -2.23. The van der Waals surface area contributed by atoms with E-state index in [1.54, 1.807) is 0 Å². The molecule has 0 radical (unpaired) electrons. The third-order valence-electron chi connectivity index (χ3n) is 4.12. The van der Waals surface area contributed by atoms with Crippen molar-refractivity contribution in [3.63, 3.8) is 0 Å². The van der Waals surface area contributed by atoms with Crippen LogP contribution in [0.25, 0.3) is 0 Å². The minimum Gasteiger partial charge on any atom is -0.381 e. The highest BCUT2D eigenvalue weighted by molar-refractivity contribution is 5.40. The Labute approximate surface area is 122 Å². The van der Waals surface area contributed by atoms with Gasteiger partial charge in [0.25, 0.3) is 0 Å².